The highest BCUT2D eigenvalue weighted by molar-refractivity contribution is 6.09. The lowest BCUT2D eigenvalue weighted by molar-refractivity contribution is -0.147. The van der Waals surface area contributed by atoms with Crippen LogP contribution < -0.4 is 4.74 Å². The number of benzene rings is 1. The summed E-state index contributed by atoms with van der Waals surface area (Å²) in [5.74, 6) is -0.646. The molecule has 2 aliphatic rings. The van der Waals surface area contributed by atoms with Crippen LogP contribution in [0.15, 0.2) is 40.5 Å². The average Bonchev–Trinajstić information content (AvgIpc) is 2.66. The third-order valence-electron chi connectivity index (χ3n) is 5.56. The van der Waals surface area contributed by atoms with Gasteiger partial charge in [0.2, 0.25) is 0 Å². The van der Waals surface area contributed by atoms with Gasteiger partial charge in [0.15, 0.2) is 5.78 Å². The minimum atomic E-state index is -0.635. The molecule has 1 aromatic rings. The molecule has 0 saturated carbocycles. The number of ketones is 1. The van der Waals surface area contributed by atoms with E-state index < -0.39 is 11.8 Å². The Labute approximate surface area is 171 Å². The molecule has 1 aliphatic heterocycles. The van der Waals surface area contributed by atoms with E-state index in [2.05, 4.69) is 13.8 Å². The van der Waals surface area contributed by atoms with Crippen LogP contribution in [0.5, 0.6) is 5.75 Å². The molecule has 2 atom stereocenters. The van der Waals surface area contributed by atoms with Gasteiger partial charge in [0.05, 0.1) is 13.7 Å². The molecular weight excluding hydrogens is 370 g/mol. The van der Waals surface area contributed by atoms with Gasteiger partial charge in [-0.3, -0.25) is 14.6 Å². The van der Waals surface area contributed by atoms with Crippen molar-refractivity contribution in [2.75, 3.05) is 27.4 Å². The van der Waals surface area contributed by atoms with E-state index in [1.807, 2.05) is 31.2 Å². The summed E-state index contributed by atoms with van der Waals surface area (Å²) in [5, 5.41) is 0. The maximum absolute atomic E-state index is 13.2. The number of hydrogen-bond donors (Lipinski definition) is 0. The van der Waals surface area contributed by atoms with Crippen LogP contribution in [-0.4, -0.2) is 44.9 Å². The minimum absolute atomic E-state index is 0.0583. The first-order chi connectivity index (χ1) is 13.8. The highest BCUT2D eigenvalue weighted by Gasteiger charge is 2.46. The van der Waals surface area contributed by atoms with Crippen LogP contribution >= 0.6 is 0 Å². The van der Waals surface area contributed by atoms with Gasteiger partial charge in [-0.15, -0.1) is 0 Å². The van der Waals surface area contributed by atoms with E-state index in [0.29, 0.717) is 30.7 Å². The first-order valence-corrected chi connectivity index (χ1v) is 9.88. The molecule has 156 valence electrons. The summed E-state index contributed by atoms with van der Waals surface area (Å²) in [6.45, 7) is 6.49. The lowest BCUT2D eigenvalue weighted by Crippen LogP contribution is -2.39. The smallest absolute Gasteiger partial charge is 0.315 e. The summed E-state index contributed by atoms with van der Waals surface area (Å²) in [6.07, 6.45) is 1.15. The number of aliphatic imine (C=N–C) groups is 1. The van der Waals surface area contributed by atoms with Crippen molar-refractivity contribution in [2.45, 2.75) is 39.5 Å². The number of Topliss-reactive ketones (excluding diaryl/α,β-unsaturated/α-hetero) is 1. The number of carbonyl (C=O) groups excluding carboxylic acids is 2. The number of carbonyl (C=O) groups is 2. The van der Waals surface area contributed by atoms with Crippen molar-refractivity contribution in [1.29, 1.82) is 0 Å². The molecule has 0 N–H and O–H groups in total. The summed E-state index contributed by atoms with van der Waals surface area (Å²) >= 11 is 0. The van der Waals surface area contributed by atoms with Crippen molar-refractivity contribution in [3.05, 3.63) is 41.1 Å². The molecule has 1 heterocycles. The predicted octanol–water partition coefficient (Wildman–Crippen LogP) is 3.70. The van der Waals surface area contributed by atoms with Crippen molar-refractivity contribution in [1.82, 2.24) is 0 Å². The topological polar surface area (TPSA) is 74.2 Å². The Morgan fingerprint density at radius 2 is 1.83 bits per heavy atom. The Morgan fingerprint density at radius 1 is 1.14 bits per heavy atom. The summed E-state index contributed by atoms with van der Waals surface area (Å²) < 4.78 is 15.7. The van der Waals surface area contributed by atoms with Crippen molar-refractivity contribution in [2.24, 2.45) is 16.3 Å². The quantitative estimate of drug-likeness (QED) is 0.539. The molecule has 0 aromatic heterocycles. The van der Waals surface area contributed by atoms with Gasteiger partial charge in [-0.25, -0.2) is 0 Å². The third-order valence-corrected chi connectivity index (χ3v) is 5.56. The number of methoxy groups -OCH3 is 2. The Balaban J connectivity index is 2.06. The molecule has 0 radical (unpaired) electrons. The number of ether oxygens (including phenoxy) is 3. The third kappa shape index (κ3) is 4.42. The van der Waals surface area contributed by atoms with E-state index in [-0.39, 0.29) is 23.8 Å². The Bertz CT molecular complexity index is 851. The van der Waals surface area contributed by atoms with E-state index in [0.717, 1.165) is 17.0 Å². The second kappa shape index (κ2) is 8.49. The van der Waals surface area contributed by atoms with Gasteiger partial charge in [-0.1, -0.05) is 26.0 Å². The molecule has 1 aliphatic carbocycles. The SMILES string of the molecule is COCCOC(=O)C1C(C)=NC2=C(C(=O)CC(C)(C)C2)[C@@H]1c1ccc(OC)cc1. The number of nitrogens with zero attached hydrogens (tertiary/aromatic N) is 1. The molecule has 0 amide bonds. The summed E-state index contributed by atoms with van der Waals surface area (Å²) in [6, 6.07) is 7.52. The Kier molecular flexibility index (Phi) is 6.22. The standard InChI is InChI=1S/C23H29NO5/c1-14-19(22(26)29-11-10-27-4)20(15-6-8-16(28-5)9-7-15)21-17(24-14)12-23(2,3)13-18(21)25/h6-9,19-20H,10-13H2,1-5H3/t19?,20-/m1/s1. The number of hydrogen-bond acceptors (Lipinski definition) is 6. The molecule has 0 bridgehead atoms. The van der Waals surface area contributed by atoms with E-state index in [1.54, 1.807) is 14.2 Å². The monoisotopic (exact) mass is 399 g/mol. The molecule has 29 heavy (non-hydrogen) atoms. The molecule has 3 rings (SSSR count). The zero-order valence-corrected chi connectivity index (χ0v) is 17.8. The zero-order valence-electron chi connectivity index (χ0n) is 17.8. The van der Waals surface area contributed by atoms with Gasteiger partial charge in [-0.05, 0) is 36.5 Å². The molecular formula is C23H29NO5. The van der Waals surface area contributed by atoms with Crippen LogP contribution in [0.25, 0.3) is 0 Å². The molecule has 6 heteroatoms. The largest absolute Gasteiger partial charge is 0.497 e. The number of allylic oxidation sites excluding steroid dienone is 2. The van der Waals surface area contributed by atoms with Gasteiger partial charge in [0, 0.05) is 36.4 Å². The summed E-state index contributed by atoms with van der Waals surface area (Å²) in [7, 11) is 3.16. The normalized spacial score (nSPS) is 23.3. The lowest BCUT2D eigenvalue weighted by Gasteiger charge is -2.39. The summed E-state index contributed by atoms with van der Waals surface area (Å²) in [5.41, 5.74) is 2.86. The number of esters is 1. The van der Waals surface area contributed by atoms with Crippen molar-refractivity contribution in [3.63, 3.8) is 0 Å². The second-order valence-corrected chi connectivity index (χ2v) is 8.44. The fourth-order valence-corrected chi connectivity index (χ4v) is 4.24. The molecule has 1 unspecified atom stereocenters. The van der Waals surface area contributed by atoms with Crippen LogP contribution in [-0.2, 0) is 19.1 Å². The molecule has 0 saturated heterocycles. The number of rotatable bonds is 6. The van der Waals surface area contributed by atoms with E-state index in [4.69, 9.17) is 19.2 Å². The first kappa shape index (κ1) is 21.2. The van der Waals surface area contributed by atoms with Crippen LogP contribution in [0.3, 0.4) is 0 Å². The second-order valence-electron chi connectivity index (χ2n) is 8.44. The highest BCUT2D eigenvalue weighted by atomic mass is 16.6. The minimum Gasteiger partial charge on any atom is -0.497 e. The van der Waals surface area contributed by atoms with Crippen LogP contribution in [0.2, 0.25) is 0 Å². The molecule has 1 aromatic carbocycles. The van der Waals surface area contributed by atoms with E-state index in [9.17, 15) is 9.59 Å². The maximum atomic E-state index is 13.2. The predicted molar refractivity (Wildman–Crippen MR) is 110 cm³/mol. The molecule has 6 nitrogen and oxygen atoms in total. The van der Waals surface area contributed by atoms with Gasteiger partial charge in [-0.2, -0.15) is 0 Å². The Morgan fingerprint density at radius 3 is 2.45 bits per heavy atom. The van der Waals surface area contributed by atoms with Gasteiger partial charge in [0.1, 0.15) is 18.3 Å². The van der Waals surface area contributed by atoms with E-state index >= 15 is 0 Å². The van der Waals surface area contributed by atoms with Gasteiger partial charge < -0.3 is 14.2 Å². The fraction of sp³-hybridized carbons (Fsp3) is 0.522. The molecule has 0 spiro atoms. The van der Waals surface area contributed by atoms with Gasteiger partial charge in [0.25, 0.3) is 0 Å². The fourth-order valence-electron chi connectivity index (χ4n) is 4.24. The zero-order chi connectivity index (χ0) is 21.2. The van der Waals surface area contributed by atoms with Gasteiger partial charge >= 0.3 is 5.97 Å². The van der Waals surface area contributed by atoms with Crippen molar-refractivity contribution < 1.29 is 23.8 Å². The van der Waals surface area contributed by atoms with Crippen LogP contribution in [0.4, 0.5) is 0 Å². The highest BCUT2D eigenvalue weighted by Crippen LogP contribution is 2.48. The van der Waals surface area contributed by atoms with Crippen LogP contribution in [0, 0.1) is 11.3 Å². The van der Waals surface area contributed by atoms with Crippen LogP contribution in [0.1, 0.15) is 45.1 Å². The van der Waals surface area contributed by atoms with E-state index in [1.165, 1.54) is 0 Å². The average molecular weight is 399 g/mol. The summed E-state index contributed by atoms with van der Waals surface area (Å²) in [4.78, 5) is 30.9. The molecule has 0 fully saturated rings. The lowest BCUT2D eigenvalue weighted by atomic mass is 9.67. The maximum Gasteiger partial charge on any atom is 0.315 e. The first-order valence-electron chi connectivity index (χ1n) is 9.88. The van der Waals surface area contributed by atoms with Crippen molar-refractivity contribution >= 4 is 17.5 Å². The van der Waals surface area contributed by atoms with Crippen molar-refractivity contribution in [3.8, 4) is 5.75 Å². The Hall–Kier alpha value is -2.47.